The molecule has 0 N–H and O–H groups in total. The van der Waals surface area contributed by atoms with E-state index in [1.807, 2.05) is 13.0 Å². The van der Waals surface area contributed by atoms with E-state index in [4.69, 9.17) is 0 Å². The zero-order valence-corrected chi connectivity index (χ0v) is 18.8. The number of benzene rings is 1. The average molecular weight is 418 g/mol. The molecule has 0 aliphatic carbocycles. The standard InChI is InChI=1S/C21H31N5O2S/c1-16-10-20(18-8-6-7-9-19(18)22-16)25-11-17-12-26(29(27,28)24(4)5)15-21(17,14-25)13-23(2)3/h6-10,17H,11-15H2,1-5H3/t17-,21+/m0/s1. The highest BCUT2D eigenvalue weighted by atomic mass is 32.2. The van der Waals surface area contributed by atoms with Gasteiger partial charge >= 0.3 is 0 Å². The zero-order valence-electron chi connectivity index (χ0n) is 18.0. The third kappa shape index (κ3) is 3.52. The van der Waals surface area contributed by atoms with Crippen LogP contribution in [0.4, 0.5) is 5.69 Å². The first-order valence-corrected chi connectivity index (χ1v) is 11.5. The second kappa shape index (κ2) is 7.19. The van der Waals surface area contributed by atoms with Crippen molar-refractivity contribution in [3.05, 3.63) is 36.0 Å². The molecule has 1 aromatic heterocycles. The maximum Gasteiger partial charge on any atom is 0.281 e. The summed E-state index contributed by atoms with van der Waals surface area (Å²) in [4.78, 5) is 9.32. The molecular formula is C21H31N5O2S. The van der Waals surface area contributed by atoms with Gasteiger partial charge in [-0.15, -0.1) is 0 Å². The SMILES string of the molecule is Cc1cc(N2C[C@H]3CN(S(=O)(=O)N(C)C)C[C@@]3(CN(C)C)C2)c2ccccc2n1. The predicted octanol–water partition coefficient (Wildman–Crippen LogP) is 1.65. The molecule has 0 radical (unpaired) electrons. The number of aryl methyl sites for hydroxylation is 1. The van der Waals surface area contributed by atoms with Gasteiger partial charge in [0.1, 0.15) is 0 Å². The lowest BCUT2D eigenvalue weighted by Gasteiger charge is -2.33. The number of nitrogens with zero attached hydrogens (tertiary/aromatic N) is 5. The molecule has 2 atom stereocenters. The van der Waals surface area contributed by atoms with Gasteiger partial charge in [0.25, 0.3) is 10.2 Å². The summed E-state index contributed by atoms with van der Waals surface area (Å²) in [6.07, 6.45) is 0. The molecule has 0 bridgehead atoms. The number of hydrogen-bond donors (Lipinski definition) is 0. The van der Waals surface area contributed by atoms with Crippen molar-refractivity contribution in [1.29, 1.82) is 0 Å². The topological polar surface area (TPSA) is 60.0 Å². The fourth-order valence-corrected chi connectivity index (χ4v) is 6.37. The van der Waals surface area contributed by atoms with Crippen molar-refractivity contribution in [3.63, 3.8) is 0 Å². The number of pyridine rings is 1. The Hall–Kier alpha value is -1.74. The molecule has 0 amide bonds. The van der Waals surface area contributed by atoms with Crippen LogP contribution < -0.4 is 4.90 Å². The Labute approximate surface area is 174 Å². The van der Waals surface area contributed by atoms with Crippen molar-refractivity contribution in [2.75, 3.05) is 65.8 Å². The summed E-state index contributed by atoms with van der Waals surface area (Å²) in [7, 11) is 3.97. The van der Waals surface area contributed by atoms with E-state index in [2.05, 4.69) is 53.1 Å². The Bertz CT molecular complexity index is 1020. The lowest BCUT2D eigenvalue weighted by Crippen LogP contribution is -2.45. The van der Waals surface area contributed by atoms with Gasteiger partial charge < -0.3 is 9.80 Å². The second-order valence-corrected chi connectivity index (χ2v) is 11.2. The van der Waals surface area contributed by atoms with E-state index in [-0.39, 0.29) is 5.41 Å². The highest BCUT2D eigenvalue weighted by Gasteiger charge is 2.55. The lowest BCUT2D eigenvalue weighted by molar-refractivity contribution is 0.199. The summed E-state index contributed by atoms with van der Waals surface area (Å²) in [5.74, 6) is 0.298. The first-order chi connectivity index (χ1) is 13.6. The predicted molar refractivity (Wildman–Crippen MR) is 117 cm³/mol. The van der Waals surface area contributed by atoms with Gasteiger partial charge in [0.05, 0.1) is 5.52 Å². The second-order valence-electron chi connectivity index (χ2n) is 9.06. The fourth-order valence-electron chi connectivity index (χ4n) is 5.12. The van der Waals surface area contributed by atoms with Gasteiger partial charge in [0, 0.05) is 74.9 Å². The van der Waals surface area contributed by atoms with Crippen molar-refractivity contribution in [3.8, 4) is 0 Å². The van der Waals surface area contributed by atoms with Crippen LogP contribution in [-0.4, -0.2) is 87.8 Å². The van der Waals surface area contributed by atoms with Gasteiger partial charge in [-0.2, -0.15) is 17.0 Å². The quantitative estimate of drug-likeness (QED) is 0.740. The van der Waals surface area contributed by atoms with E-state index in [0.29, 0.717) is 19.0 Å². The summed E-state index contributed by atoms with van der Waals surface area (Å²) in [6.45, 7) is 5.76. The Kier molecular flexibility index (Phi) is 5.09. The van der Waals surface area contributed by atoms with Crippen LogP contribution in [0.1, 0.15) is 5.69 Å². The number of rotatable bonds is 5. The Morgan fingerprint density at radius 2 is 1.86 bits per heavy atom. The van der Waals surface area contributed by atoms with Gasteiger partial charge in [0.2, 0.25) is 0 Å². The highest BCUT2D eigenvalue weighted by Crippen LogP contribution is 2.46. The molecule has 158 valence electrons. The van der Waals surface area contributed by atoms with Crippen LogP contribution >= 0.6 is 0 Å². The molecule has 29 heavy (non-hydrogen) atoms. The summed E-state index contributed by atoms with van der Waals surface area (Å²) >= 11 is 0. The summed E-state index contributed by atoms with van der Waals surface area (Å²) in [5.41, 5.74) is 3.15. The van der Waals surface area contributed by atoms with E-state index in [0.717, 1.165) is 36.2 Å². The summed E-state index contributed by atoms with van der Waals surface area (Å²) in [6, 6.07) is 10.4. The molecule has 4 rings (SSSR count). The fraction of sp³-hybridized carbons (Fsp3) is 0.571. The van der Waals surface area contributed by atoms with Crippen LogP contribution in [0.2, 0.25) is 0 Å². The highest BCUT2D eigenvalue weighted by molar-refractivity contribution is 7.86. The minimum absolute atomic E-state index is 0.0785. The van der Waals surface area contributed by atoms with E-state index < -0.39 is 10.2 Å². The average Bonchev–Trinajstić information content (AvgIpc) is 3.14. The number of para-hydroxylation sites is 1. The van der Waals surface area contributed by atoms with Crippen LogP contribution in [-0.2, 0) is 10.2 Å². The molecule has 0 unspecified atom stereocenters. The van der Waals surface area contributed by atoms with Crippen LogP contribution in [0, 0.1) is 18.3 Å². The molecule has 8 heteroatoms. The molecular weight excluding hydrogens is 386 g/mol. The van der Waals surface area contributed by atoms with Gasteiger partial charge in [-0.05, 0) is 33.2 Å². The first kappa shape index (κ1) is 20.5. The summed E-state index contributed by atoms with van der Waals surface area (Å²) < 4.78 is 28.6. The Morgan fingerprint density at radius 3 is 2.55 bits per heavy atom. The molecule has 0 spiro atoms. The smallest absolute Gasteiger partial charge is 0.281 e. The molecule has 2 aliphatic rings. The maximum absolute atomic E-state index is 12.8. The first-order valence-electron chi connectivity index (χ1n) is 10.1. The van der Waals surface area contributed by atoms with Crippen molar-refractivity contribution >= 4 is 26.8 Å². The normalized spacial score (nSPS) is 25.5. The van der Waals surface area contributed by atoms with E-state index in [1.165, 1.54) is 9.99 Å². The van der Waals surface area contributed by atoms with Gasteiger partial charge in [-0.1, -0.05) is 18.2 Å². The molecule has 1 aromatic carbocycles. The van der Waals surface area contributed by atoms with E-state index in [1.54, 1.807) is 18.4 Å². The molecule has 2 aliphatic heterocycles. The maximum atomic E-state index is 12.8. The van der Waals surface area contributed by atoms with Gasteiger partial charge in [0.15, 0.2) is 0 Å². The van der Waals surface area contributed by atoms with Crippen LogP contribution in [0.25, 0.3) is 10.9 Å². The molecule has 2 fully saturated rings. The Morgan fingerprint density at radius 1 is 1.14 bits per heavy atom. The molecule has 3 heterocycles. The van der Waals surface area contributed by atoms with Gasteiger partial charge in [-0.3, -0.25) is 4.98 Å². The minimum atomic E-state index is -3.40. The van der Waals surface area contributed by atoms with Crippen molar-refractivity contribution < 1.29 is 8.42 Å². The van der Waals surface area contributed by atoms with Crippen LogP contribution in [0.3, 0.4) is 0 Å². The van der Waals surface area contributed by atoms with Crippen LogP contribution in [0.15, 0.2) is 30.3 Å². The van der Waals surface area contributed by atoms with Gasteiger partial charge in [-0.25, -0.2) is 0 Å². The third-order valence-corrected chi connectivity index (χ3v) is 8.16. The van der Waals surface area contributed by atoms with Crippen molar-refractivity contribution in [1.82, 2.24) is 18.5 Å². The van der Waals surface area contributed by atoms with Crippen molar-refractivity contribution in [2.24, 2.45) is 11.3 Å². The summed E-state index contributed by atoms with van der Waals surface area (Å²) in [5, 5.41) is 1.16. The monoisotopic (exact) mass is 417 g/mol. The molecule has 0 saturated carbocycles. The lowest BCUT2D eigenvalue weighted by atomic mass is 9.80. The number of aromatic nitrogens is 1. The number of fused-ring (bicyclic) bond motifs is 2. The van der Waals surface area contributed by atoms with Crippen LogP contribution in [0.5, 0.6) is 0 Å². The Balaban J connectivity index is 1.70. The zero-order chi connectivity index (χ0) is 21.0. The molecule has 2 saturated heterocycles. The minimum Gasteiger partial charge on any atom is -0.370 e. The number of anilines is 1. The third-order valence-electron chi connectivity index (χ3n) is 6.31. The number of hydrogen-bond acceptors (Lipinski definition) is 5. The van der Waals surface area contributed by atoms with Crippen molar-refractivity contribution in [2.45, 2.75) is 6.92 Å². The largest absolute Gasteiger partial charge is 0.370 e. The van der Waals surface area contributed by atoms with E-state index in [9.17, 15) is 8.42 Å². The molecule has 2 aromatic rings. The van der Waals surface area contributed by atoms with E-state index >= 15 is 0 Å². The molecule has 7 nitrogen and oxygen atoms in total.